The third-order valence-electron chi connectivity index (χ3n) is 5.19. The normalized spacial score (nSPS) is 11.1. The third kappa shape index (κ3) is 4.25. The molecule has 8 nitrogen and oxygen atoms in total. The van der Waals surface area contributed by atoms with Gasteiger partial charge in [0.05, 0.1) is 29.1 Å². The molecule has 0 unspecified atom stereocenters. The molecule has 0 aliphatic heterocycles. The summed E-state index contributed by atoms with van der Waals surface area (Å²) >= 11 is 3.18. The van der Waals surface area contributed by atoms with E-state index >= 15 is 0 Å². The highest BCUT2D eigenvalue weighted by atomic mass is 32.1. The van der Waals surface area contributed by atoms with E-state index in [1.165, 1.54) is 10.7 Å². The Labute approximate surface area is 202 Å². The SMILES string of the molecule is COc1cccc2cc(C(=O)NCCn3nc(-c4sc(-c5cccs5)nc4C)ccc3=O)oc12. The van der Waals surface area contributed by atoms with Crippen molar-refractivity contribution in [3.63, 3.8) is 0 Å². The fourth-order valence-electron chi connectivity index (χ4n) is 3.54. The van der Waals surface area contributed by atoms with Crippen LogP contribution < -0.4 is 15.6 Å². The molecule has 0 saturated carbocycles. The van der Waals surface area contributed by atoms with E-state index in [-0.39, 0.29) is 30.3 Å². The summed E-state index contributed by atoms with van der Waals surface area (Å²) in [5, 5.41) is 11.0. The molecule has 0 bridgehead atoms. The Bertz CT molecular complexity index is 1530. The van der Waals surface area contributed by atoms with Crippen molar-refractivity contribution in [1.82, 2.24) is 20.1 Å². The Morgan fingerprint density at radius 2 is 2.09 bits per heavy atom. The summed E-state index contributed by atoms with van der Waals surface area (Å²) < 4.78 is 12.3. The first-order chi connectivity index (χ1) is 16.5. The summed E-state index contributed by atoms with van der Waals surface area (Å²) in [6.45, 7) is 2.37. The van der Waals surface area contributed by atoms with Crippen molar-refractivity contribution in [3.05, 3.63) is 75.7 Å². The summed E-state index contributed by atoms with van der Waals surface area (Å²) in [7, 11) is 1.55. The maximum absolute atomic E-state index is 12.6. The highest BCUT2D eigenvalue weighted by molar-refractivity contribution is 7.23. The van der Waals surface area contributed by atoms with E-state index in [0.717, 1.165) is 25.8 Å². The summed E-state index contributed by atoms with van der Waals surface area (Å²) in [6.07, 6.45) is 0. The number of nitrogens with one attached hydrogen (secondary N) is 1. The highest BCUT2D eigenvalue weighted by Gasteiger charge is 2.16. The number of aryl methyl sites for hydroxylation is 1. The van der Waals surface area contributed by atoms with Gasteiger partial charge in [-0.05, 0) is 36.6 Å². The number of para-hydroxylation sites is 1. The number of carbonyl (C=O) groups is 1. The van der Waals surface area contributed by atoms with E-state index in [0.29, 0.717) is 17.0 Å². The van der Waals surface area contributed by atoms with Crippen LogP contribution in [-0.2, 0) is 6.54 Å². The number of aromatic nitrogens is 3. The number of hydrogen-bond donors (Lipinski definition) is 1. The smallest absolute Gasteiger partial charge is 0.287 e. The molecule has 34 heavy (non-hydrogen) atoms. The van der Waals surface area contributed by atoms with E-state index < -0.39 is 0 Å². The molecule has 0 fully saturated rings. The van der Waals surface area contributed by atoms with Gasteiger partial charge in [0, 0.05) is 18.0 Å². The summed E-state index contributed by atoms with van der Waals surface area (Å²) in [5.74, 6) is 0.362. The van der Waals surface area contributed by atoms with Crippen molar-refractivity contribution in [2.24, 2.45) is 0 Å². The van der Waals surface area contributed by atoms with E-state index in [2.05, 4.69) is 15.4 Å². The lowest BCUT2D eigenvalue weighted by Crippen LogP contribution is -2.31. The summed E-state index contributed by atoms with van der Waals surface area (Å²) in [4.78, 5) is 31.6. The lowest BCUT2D eigenvalue weighted by Gasteiger charge is -2.07. The van der Waals surface area contributed by atoms with Gasteiger partial charge in [0.1, 0.15) is 10.7 Å². The average molecular weight is 493 g/mol. The van der Waals surface area contributed by atoms with Crippen LogP contribution in [0.5, 0.6) is 5.75 Å². The molecule has 1 amide bonds. The molecule has 5 aromatic rings. The van der Waals surface area contributed by atoms with Crippen LogP contribution in [0, 0.1) is 6.92 Å². The van der Waals surface area contributed by atoms with E-state index in [4.69, 9.17) is 9.15 Å². The first-order valence-electron chi connectivity index (χ1n) is 10.5. The van der Waals surface area contributed by atoms with Crippen LogP contribution in [0.15, 0.2) is 63.1 Å². The number of thiazole rings is 1. The van der Waals surface area contributed by atoms with Gasteiger partial charge in [0.15, 0.2) is 17.1 Å². The number of rotatable bonds is 7. The topological polar surface area (TPSA) is 99.2 Å². The minimum Gasteiger partial charge on any atom is -0.493 e. The van der Waals surface area contributed by atoms with Crippen molar-refractivity contribution in [2.75, 3.05) is 13.7 Å². The molecule has 4 heterocycles. The van der Waals surface area contributed by atoms with Crippen molar-refractivity contribution >= 4 is 39.5 Å². The molecule has 0 aliphatic rings. The molecule has 0 aliphatic carbocycles. The number of nitrogens with zero attached hydrogens (tertiary/aromatic N) is 3. The summed E-state index contributed by atoms with van der Waals surface area (Å²) in [6, 6.07) is 14.3. The molecule has 0 saturated heterocycles. The van der Waals surface area contributed by atoms with Crippen LogP contribution in [0.3, 0.4) is 0 Å². The zero-order chi connectivity index (χ0) is 23.7. The van der Waals surface area contributed by atoms with E-state index in [9.17, 15) is 9.59 Å². The van der Waals surface area contributed by atoms with Gasteiger partial charge in [-0.2, -0.15) is 5.10 Å². The second-order valence-electron chi connectivity index (χ2n) is 7.44. The lowest BCUT2D eigenvalue weighted by molar-refractivity contribution is 0.0926. The predicted molar refractivity (Wildman–Crippen MR) is 133 cm³/mol. The Kier molecular flexibility index (Phi) is 5.99. The monoisotopic (exact) mass is 492 g/mol. The minimum atomic E-state index is -0.374. The van der Waals surface area contributed by atoms with E-state index in [1.807, 2.05) is 36.6 Å². The zero-order valence-electron chi connectivity index (χ0n) is 18.4. The van der Waals surface area contributed by atoms with Gasteiger partial charge in [-0.15, -0.1) is 22.7 Å². The molecule has 10 heteroatoms. The minimum absolute atomic E-state index is 0.176. The molecule has 0 spiro atoms. The fraction of sp³-hybridized carbons (Fsp3) is 0.167. The number of thiophene rings is 1. The first-order valence-corrected chi connectivity index (χ1v) is 12.2. The van der Waals surface area contributed by atoms with Gasteiger partial charge in [0.25, 0.3) is 11.5 Å². The van der Waals surface area contributed by atoms with Crippen molar-refractivity contribution in [1.29, 1.82) is 0 Å². The molecule has 1 aromatic carbocycles. The van der Waals surface area contributed by atoms with Gasteiger partial charge in [-0.1, -0.05) is 18.2 Å². The largest absolute Gasteiger partial charge is 0.493 e. The van der Waals surface area contributed by atoms with Gasteiger partial charge in [-0.3, -0.25) is 9.59 Å². The molecular formula is C24H20N4O4S2. The van der Waals surface area contributed by atoms with Crippen LogP contribution in [0.2, 0.25) is 0 Å². The Balaban J connectivity index is 1.30. The maximum atomic E-state index is 12.6. The Morgan fingerprint density at radius 3 is 2.88 bits per heavy atom. The number of ether oxygens (including phenoxy) is 1. The number of amides is 1. The van der Waals surface area contributed by atoms with Crippen LogP contribution in [0.1, 0.15) is 16.2 Å². The lowest BCUT2D eigenvalue weighted by atomic mass is 10.2. The second kappa shape index (κ2) is 9.24. The zero-order valence-corrected chi connectivity index (χ0v) is 20.0. The number of carbonyl (C=O) groups excluding carboxylic acids is 1. The fourth-order valence-corrected chi connectivity index (χ4v) is 5.37. The molecule has 172 valence electrons. The van der Waals surface area contributed by atoms with E-state index in [1.54, 1.807) is 48.0 Å². The molecular weight excluding hydrogens is 472 g/mol. The third-order valence-corrected chi connectivity index (χ3v) is 7.41. The van der Waals surface area contributed by atoms with Crippen molar-refractivity contribution in [3.8, 4) is 26.2 Å². The number of furan rings is 1. The maximum Gasteiger partial charge on any atom is 0.287 e. The molecule has 0 atom stereocenters. The quantitative estimate of drug-likeness (QED) is 0.357. The van der Waals surface area contributed by atoms with Crippen molar-refractivity contribution < 1.29 is 13.9 Å². The standard InChI is InChI=1S/C24H20N4O4S2/c1-14-22(34-24(26-14)19-7-4-12-33-19)16-8-9-20(29)28(27-16)11-10-25-23(30)18-13-15-5-3-6-17(31-2)21(15)32-18/h3-9,12-13H,10-11H2,1-2H3,(H,25,30). The number of hydrogen-bond acceptors (Lipinski definition) is 8. The Morgan fingerprint density at radius 1 is 1.21 bits per heavy atom. The van der Waals surface area contributed by atoms with Gasteiger partial charge >= 0.3 is 0 Å². The Hall–Kier alpha value is -3.76. The number of fused-ring (bicyclic) bond motifs is 1. The van der Waals surface area contributed by atoms with Crippen LogP contribution in [0.4, 0.5) is 0 Å². The summed E-state index contributed by atoms with van der Waals surface area (Å²) in [5.41, 5.74) is 1.81. The number of benzene rings is 1. The van der Waals surface area contributed by atoms with Crippen LogP contribution in [-0.4, -0.2) is 34.3 Å². The van der Waals surface area contributed by atoms with Gasteiger partial charge < -0.3 is 14.5 Å². The number of methoxy groups -OCH3 is 1. The molecule has 0 radical (unpaired) electrons. The predicted octanol–water partition coefficient (Wildman–Crippen LogP) is 4.59. The van der Waals surface area contributed by atoms with Crippen LogP contribution >= 0.6 is 22.7 Å². The molecule has 1 N–H and O–H groups in total. The first kappa shape index (κ1) is 22.1. The molecule has 4 aromatic heterocycles. The highest BCUT2D eigenvalue weighted by Crippen LogP contribution is 2.35. The second-order valence-corrected chi connectivity index (χ2v) is 9.38. The van der Waals surface area contributed by atoms with Gasteiger partial charge in [0.2, 0.25) is 0 Å². The molecule has 5 rings (SSSR count). The van der Waals surface area contributed by atoms with Gasteiger partial charge in [-0.25, -0.2) is 9.67 Å². The van der Waals surface area contributed by atoms with Crippen molar-refractivity contribution in [2.45, 2.75) is 13.5 Å². The van der Waals surface area contributed by atoms with Crippen LogP contribution in [0.25, 0.3) is 31.4 Å². The average Bonchev–Trinajstić information content (AvgIpc) is 3.59.